The van der Waals surface area contributed by atoms with Gasteiger partial charge in [-0.25, -0.2) is 0 Å². The number of carbonyl (C=O) groups is 1. The molecule has 1 aromatic rings. The fourth-order valence-corrected chi connectivity index (χ4v) is 4.52. The molecule has 0 amide bonds. The minimum atomic E-state index is 0.333. The Bertz CT molecular complexity index is 485. The van der Waals surface area contributed by atoms with E-state index in [1.54, 1.807) is 0 Å². The van der Waals surface area contributed by atoms with E-state index in [9.17, 15) is 4.79 Å². The van der Waals surface area contributed by atoms with Crippen LogP contribution in [-0.4, -0.2) is 5.78 Å². The van der Waals surface area contributed by atoms with Gasteiger partial charge in [0, 0.05) is 11.5 Å². The highest BCUT2D eigenvalue weighted by Crippen LogP contribution is 2.54. The third-order valence-electron chi connectivity index (χ3n) is 5.89. The Morgan fingerprint density at radius 2 is 1.50 bits per heavy atom. The summed E-state index contributed by atoms with van der Waals surface area (Å²) in [5, 5.41) is 0. The summed E-state index contributed by atoms with van der Waals surface area (Å²) in [6.07, 6.45) is 10.5. The molecule has 0 heterocycles. The molecule has 1 nitrogen and oxygen atoms in total. The Kier molecular flexibility index (Phi) is 3.17. The first-order valence-electron chi connectivity index (χ1n) is 8.45. The van der Waals surface area contributed by atoms with Crippen LogP contribution < -0.4 is 0 Å². The molecule has 1 heteroatoms. The van der Waals surface area contributed by atoms with Crippen LogP contribution in [0.2, 0.25) is 0 Å². The van der Waals surface area contributed by atoms with Crippen molar-refractivity contribution in [2.75, 3.05) is 0 Å². The molecule has 1 aromatic carbocycles. The van der Waals surface area contributed by atoms with Gasteiger partial charge in [0.25, 0.3) is 0 Å². The number of Topliss-reactive ketones (excluding diaryl/α,β-unsaturated/α-hetero) is 1. The van der Waals surface area contributed by atoms with Crippen LogP contribution in [0.25, 0.3) is 0 Å². The highest BCUT2D eigenvalue weighted by Gasteiger charge is 2.47. The van der Waals surface area contributed by atoms with Crippen molar-refractivity contribution in [1.29, 1.82) is 0 Å². The second-order valence-electron chi connectivity index (χ2n) is 7.25. The Morgan fingerprint density at radius 1 is 0.850 bits per heavy atom. The summed E-state index contributed by atoms with van der Waals surface area (Å²) in [5.74, 6) is 3.27. The molecule has 4 rings (SSSR count). The second-order valence-corrected chi connectivity index (χ2v) is 7.25. The summed E-state index contributed by atoms with van der Waals surface area (Å²) in [5.41, 5.74) is 2.41. The lowest BCUT2D eigenvalue weighted by atomic mass is 9.83. The fourth-order valence-electron chi connectivity index (χ4n) is 4.52. The van der Waals surface area contributed by atoms with Gasteiger partial charge in [-0.15, -0.1) is 0 Å². The molecular weight excluding hydrogens is 244 g/mol. The van der Waals surface area contributed by atoms with Gasteiger partial charge in [-0.05, 0) is 55.4 Å². The quantitative estimate of drug-likeness (QED) is 0.708. The van der Waals surface area contributed by atoms with Gasteiger partial charge >= 0.3 is 0 Å². The lowest BCUT2D eigenvalue weighted by Crippen LogP contribution is -2.13. The minimum absolute atomic E-state index is 0.333. The Labute approximate surface area is 121 Å². The minimum Gasteiger partial charge on any atom is -0.294 e. The number of ketones is 1. The van der Waals surface area contributed by atoms with E-state index in [0.29, 0.717) is 11.7 Å². The topological polar surface area (TPSA) is 17.1 Å². The first kappa shape index (κ1) is 12.6. The van der Waals surface area contributed by atoms with E-state index >= 15 is 0 Å². The van der Waals surface area contributed by atoms with Gasteiger partial charge in [-0.3, -0.25) is 4.79 Å². The molecule has 3 aliphatic rings. The predicted octanol–water partition coefficient (Wildman–Crippen LogP) is 4.96. The lowest BCUT2D eigenvalue weighted by Gasteiger charge is -2.22. The van der Waals surface area contributed by atoms with Gasteiger partial charge in [0.05, 0.1) is 0 Å². The van der Waals surface area contributed by atoms with Gasteiger partial charge in [-0.2, -0.15) is 0 Å². The van der Waals surface area contributed by atoms with E-state index in [4.69, 9.17) is 0 Å². The zero-order valence-electron chi connectivity index (χ0n) is 12.2. The number of carbonyl (C=O) groups excluding carboxylic acids is 1. The van der Waals surface area contributed by atoms with Crippen LogP contribution in [0.3, 0.4) is 0 Å². The van der Waals surface area contributed by atoms with E-state index in [1.807, 2.05) is 0 Å². The molecule has 20 heavy (non-hydrogen) atoms. The van der Waals surface area contributed by atoms with Crippen molar-refractivity contribution in [3.8, 4) is 0 Å². The zero-order chi connectivity index (χ0) is 13.5. The second kappa shape index (κ2) is 5.02. The van der Waals surface area contributed by atoms with Crippen molar-refractivity contribution in [3.63, 3.8) is 0 Å². The lowest BCUT2D eigenvalue weighted by molar-refractivity contribution is 0.0914. The van der Waals surface area contributed by atoms with Crippen LogP contribution in [-0.2, 0) is 0 Å². The van der Waals surface area contributed by atoms with Crippen LogP contribution >= 0.6 is 0 Å². The summed E-state index contributed by atoms with van der Waals surface area (Å²) < 4.78 is 0. The number of hydrogen-bond acceptors (Lipinski definition) is 1. The molecule has 0 radical (unpaired) electrons. The molecule has 0 saturated heterocycles. The van der Waals surface area contributed by atoms with Crippen molar-refractivity contribution in [2.24, 2.45) is 17.8 Å². The van der Waals surface area contributed by atoms with Gasteiger partial charge in [0.1, 0.15) is 0 Å². The smallest absolute Gasteiger partial charge is 0.165 e. The van der Waals surface area contributed by atoms with Crippen LogP contribution in [0, 0.1) is 17.8 Å². The van der Waals surface area contributed by atoms with Gasteiger partial charge in [-0.1, -0.05) is 43.5 Å². The highest BCUT2D eigenvalue weighted by atomic mass is 16.1. The predicted molar refractivity (Wildman–Crippen MR) is 80.9 cm³/mol. The number of fused-ring (bicyclic) bond motifs is 1. The fraction of sp³-hybridized carbons (Fsp3) is 0.632. The molecule has 3 saturated carbocycles. The number of benzene rings is 1. The van der Waals surface area contributed by atoms with Crippen molar-refractivity contribution < 1.29 is 4.79 Å². The third kappa shape index (κ3) is 2.32. The Hall–Kier alpha value is -1.11. The molecule has 106 valence electrons. The first-order valence-corrected chi connectivity index (χ1v) is 8.45. The van der Waals surface area contributed by atoms with E-state index in [2.05, 4.69) is 24.3 Å². The Morgan fingerprint density at radius 3 is 2.15 bits per heavy atom. The summed E-state index contributed by atoms with van der Waals surface area (Å²) in [6.45, 7) is 0. The molecule has 3 fully saturated rings. The van der Waals surface area contributed by atoms with Crippen molar-refractivity contribution in [2.45, 2.75) is 57.3 Å². The maximum absolute atomic E-state index is 12.5. The summed E-state index contributed by atoms with van der Waals surface area (Å²) in [7, 11) is 0. The van der Waals surface area contributed by atoms with Crippen LogP contribution in [0.4, 0.5) is 0 Å². The van der Waals surface area contributed by atoms with E-state index in [0.717, 1.165) is 36.2 Å². The molecular formula is C19H24O. The maximum atomic E-state index is 12.5. The molecule has 0 aromatic heterocycles. The molecule has 0 bridgehead atoms. The molecule has 0 spiro atoms. The molecule has 2 unspecified atom stereocenters. The molecule has 0 aliphatic heterocycles. The summed E-state index contributed by atoms with van der Waals surface area (Å²) in [4.78, 5) is 12.5. The SMILES string of the molecule is O=C(c1ccc(C2CCCCC2)cc1)C1CC2CC2C1. The van der Waals surface area contributed by atoms with Crippen LogP contribution in [0.15, 0.2) is 24.3 Å². The van der Waals surface area contributed by atoms with Crippen molar-refractivity contribution in [3.05, 3.63) is 35.4 Å². The Balaban J connectivity index is 1.45. The summed E-state index contributed by atoms with van der Waals surface area (Å²) in [6, 6.07) is 8.63. The van der Waals surface area contributed by atoms with E-state index in [-0.39, 0.29) is 0 Å². The maximum Gasteiger partial charge on any atom is 0.165 e. The molecule has 3 aliphatic carbocycles. The monoisotopic (exact) mass is 268 g/mol. The van der Waals surface area contributed by atoms with Gasteiger partial charge < -0.3 is 0 Å². The van der Waals surface area contributed by atoms with Crippen LogP contribution in [0.5, 0.6) is 0 Å². The zero-order valence-corrected chi connectivity index (χ0v) is 12.2. The van der Waals surface area contributed by atoms with Crippen molar-refractivity contribution >= 4 is 5.78 Å². The molecule has 0 N–H and O–H groups in total. The third-order valence-corrected chi connectivity index (χ3v) is 5.89. The van der Waals surface area contributed by atoms with Gasteiger partial charge in [0.2, 0.25) is 0 Å². The van der Waals surface area contributed by atoms with E-state index in [1.165, 1.54) is 44.1 Å². The van der Waals surface area contributed by atoms with E-state index < -0.39 is 0 Å². The van der Waals surface area contributed by atoms with Gasteiger partial charge in [0.15, 0.2) is 5.78 Å². The number of rotatable bonds is 3. The highest BCUT2D eigenvalue weighted by molar-refractivity contribution is 5.98. The number of hydrogen-bond donors (Lipinski definition) is 0. The normalized spacial score (nSPS) is 32.9. The molecule has 2 atom stereocenters. The average Bonchev–Trinajstić information content (AvgIpc) is 3.13. The van der Waals surface area contributed by atoms with Crippen LogP contribution in [0.1, 0.15) is 73.2 Å². The summed E-state index contributed by atoms with van der Waals surface area (Å²) >= 11 is 0. The largest absolute Gasteiger partial charge is 0.294 e. The van der Waals surface area contributed by atoms with Crippen molar-refractivity contribution in [1.82, 2.24) is 0 Å². The standard InChI is InChI=1S/C19H24O/c20-19(18-11-16-10-17(16)12-18)15-8-6-14(7-9-15)13-4-2-1-3-5-13/h6-9,13,16-18H,1-5,10-12H2. The first-order chi connectivity index (χ1) is 9.81. The average molecular weight is 268 g/mol.